The summed E-state index contributed by atoms with van der Waals surface area (Å²) in [6, 6.07) is 16.6. The SMILES string of the molecule is O=C(C=Cc1cccc2ccccc12)Nc1ccc(F)cc1F. The van der Waals surface area contributed by atoms with E-state index in [9.17, 15) is 13.6 Å². The maximum atomic E-state index is 13.5. The van der Waals surface area contributed by atoms with Gasteiger partial charge >= 0.3 is 0 Å². The van der Waals surface area contributed by atoms with Gasteiger partial charge in [0.2, 0.25) is 5.91 Å². The Hall–Kier alpha value is -3.01. The van der Waals surface area contributed by atoms with E-state index >= 15 is 0 Å². The molecule has 0 bridgehead atoms. The van der Waals surface area contributed by atoms with Gasteiger partial charge in [0.1, 0.15) is 11.6 Å². The van der Waals surface area contributed by atoms with Crippen LogP contribution in [0, 0.1) is 11.6 Å². The van der Waals surface area contributed by atoms with Crippen LogP contribution in [0.5, 0.6) is 0 Å². The fraction of sp³-hybridized carbons (Fsp3) is 0. The second-order valence-corrected chi connectivity index (χ2v) is 5.02. The number of anilines is 1. The molecule has 3 rings (SSSR count). The predicted octanol–water partition coefficient (Wildman–Crippen LogP) is 4.77. The molecule has 3 aromatic rings. The van der Waals surface area contributed by atoms with Crippen LogP contribution in [0.3, 0.4) is 0 Å². The Morgan fingerprint density at radius 1 is 0.957 bits per heavy atom. The molecule has 4 heteroatoms. The first-order chi connectivity index (χ1) is 11.1. The molecular weight excluding hydrogens is 296 g/mol. The third-order valence-electron chi connectivity index (χ3n) is 3.43. The smallest absolute Gasteiger partial charge is 0.248 e. The zero-order valence-electron chi connectivity index (χ0n) is 12.1. The Balaban J connectivity index is 1.80. The minimum Gasteiger partial charge on any atom is -0.320 e. The second kappa shape index (κ2) is 6.40. The summed E-state index contributed by atoms with van der Waals surface area (Å²) in [5, 5.41) is 4.48. The summed E-state index contributed by atoms with van der Waals surface area (Å²) >= 11 is 0. The van der Waals surface area contributed by atoms with E-state index in [1.807, 2.05) is 42.5 Å². The maximum absolute atomic E-state index is 13.5. The lowest BCUT2D eigenvalue weighted by molar-refractivity contribution is -0.111. The highest BCUT2D eigenvalue weighted by molar-refractivity contribution is 6.03. The number of hydrogen-bond donors (Lipinski definition) is 1. The molecule has 0 aliphatic heterocycles. The molecule has 0 atom stereocenters. The number of carbonyl (C=O) groups excluding carboxylic acids is 1. The Morgan fingerprint density at radius 2 is 1.74 bits per heavy atom. The Kier molecular flexibility index (Phi) is 4.15. The highest BCUT2D eigenvalue weighted by Gasteiger charge is 2.06. The van der Waals surface area contributed by atoms with E-state index < -0.39 is 17.5 Å². The van der Waals surface area contributed by atoms with Crippen LogP contribution in [-0.2, 0) is 4.79 Å². The molecule has 3 aromatic carbocycles. The van der Waals surface area contributed by atoms with Crippen molar-refractivity contribution in [2.24, 2.45) is 0 Å². The highest BCUT2D eigenvalue weighted by Crippen LogP contribution is 2.20. The third kappa shape index (κ3) is 3.43. The molecule has 114 valence electrons. The van der Waals surface area contributed by atoms with Crippen molar-refractivity contribution in [2.75, 3.05) is 5.32 Å². The highest BCUT2D eigenvalue weighted by atomic mass is 19.1. The molecule has 0 aromatic heterocycles. The zero-order chi connectivity index (χ0) is 16.2. The van der Waals surface area contributed by atoms with E-state index in [1.165, 1.54) is 12.1 Å². The zero-order valence-corrected chi connectivity index (χ0v) is 12.1. The van der Waals surface area contributed by atoms with Crippen LogP contribution in [0.4, 0.5) is 14.5 Å². The number of fused-ring (bicyclic) bond motifs is 1. The summed E-state index contributed by atoms with van der Waals surface area (Å²) in [6.07, 6.45) is 2.99. The second-order valence-electron chi connectivity index (χ2n) is 5.02. The number of nitrogens with one attached hydrogen (secondary N) is 1. The largest absolute Gasteiger partial charge is 0.320 e. The molecule has 2 nitrogen and oxygen atoms in total. The van der Waals surface area contributed by atoms with E-state index in [0.717, 1.165) is 28.5 Å². The molecule has 0 saturated heterocycles. The van der Waals surface area contributed by atoms with Crippen molar-refractivity contribution in [1.82, 2.24) is 0 Å². The first kappa shape index (κ1) is 14.9. The molecule has 0 aliphatic carbocycles. The van der Waals surface area contributed by atoms with Crippen molar-refractivity contribution >= 4 is 28.4 Å². The number of halogens is 2. The Labute approximate surface area is 132 Å². The van der Waals surface area contributed by atoms with Gasteiger partial charge in [-0.2, -0.15) is 0 Å². The van der Waals surface area contributed by atoms with E-state index in [4.69, 9.17) is 0 Å². The quantitative estimate of drug-likeness (QED) is 0.694. The van der Waals surface area contributed by atoms with Crippen LogP contribution in [0.1, 0.15) is 5.56 Å². The summed E-state index contributed by atoms with van der Waals surface area (Å²) < 4.78 is 26.3. The fourth-order valence-corrected chi connectivity index (χ4v) is 2.33. The number of hydrogen-bond acceptors (Lipinski definition) is 1. The first-order valence-electron chi connectivity index (χ1n) is 7.05. The van der Waals surface area contributed by atoms with E-state index in [-0.39, 0.29) is 5.69 Å². The molecule has 0 heterocycles. The summed E-state index contributed by atoms with van der Waals surface area (Å²) in [4.78, 5) is 11.9. The van der Waals surface area contributed by atoms with Gasteiger partial charge in [-0.3, -0.25) is 4.79 Å². The van der Waals surface area contributed by atoms with Crippen LogP contribution in [0.25, 0.3) is 16.8 Å². The van der Waals surface area contributed by atoms with Crippen LogP contribution < -0.4 is 5.32 Å². The minimum atomic E-state index is -0.808. The van der Waals surface area contributed by atoms with E-state index in [0.29, 0.717) is 0 Å². The van der Waals surface area contributed by atoms with Crippen molar-refractivity contribution in [3.8, 4) is 0 Å². The van der Waals surface area contributed by atoms with Crippen LogP contribution in [0.15, 0.2) is 66.7 Å². The topological polar surface area (TPSA) is 29.1 Å². The minimum absolute atomic E-state index is 0.0565. The van der Waals surface area contributed by atoms with Gasteiger partial charge in [-0.05, 0) is 34.5 Å². The summed E-state index contributed by atoms with van der Waals surface area (Å²) in [6.45, 7) is 0. The maximum Gasteiger partial charge on any atom is 0.248 e. The lowest BCUT2D eigenvalue weighted by Gasteiger charge is -2.04. The van der Waals surface area contributed by atoms with Gasteiger partial charge in [0.15, 0.2) is 0 Å². The average Bonchev–Trinajstić information content (AvgIpc) is 2.55. The Morgan fingerprint density at radius 3 is 2.57 bits per heavy atom. The van der Waals surface area contributed by atoms with E-state index in [1.54, 1.807) is 6.08 Å². The molecule has 1 amide bonds. The Bertz CT molecular complexity index is 898. The van der Waals surface area contributed by atoms with Crippen LogP contribution in [0.2, 0.25) is 0 Å². The standard InChI is InChI=1S/C19H13F2NO/c20-15-9-10-18(17(21)12-15)22-19(23)11-8-14-6-3-5-13-4-1-2-7-16(13)14/h1-12H,(H,22,23). The summed E-state index contributed by atoms with van der Waals surface area (Å²) in [5.41, 5.74) is 0.830. The third-order valence-corrected chi connectivity index (χ3v) is 3.43. The lowest BCUT2D eigenvalue weighted by atomic mass is 10.0. The molecular formula is C19H13F2NO. The number of carbonyl (C=O) groups is 1. The normalized spacial score (nSPS) is 11.0. The van der Waals surface area contributed by atoms with Crippen LogP contribution >= 0.6 is 0 Å². The number of benzene rings is 3. The van der Waals surface area contributed by atoms with Gasteiger partial charge in [0.25, 0.3) is 0 Å². The molecule has 23 heavy (non-hydrogen) atoms. The average molecular weight is 309 g/mol. The van der Waals surface area contributed by atoms with Gasteiger partial charge < -0.3 is 5.32 Å². The molecule has 0 unspecified atom stereocenters. The summed E-state index contributed by atoms with van der Waals surface area (Å²) in [7, 11) is 0. The van der Waals surface area contributed by atoms with E-state index in [2.05, 4.69) is 5.32 Å². The van der Waals surface area contributed by atoms with Crippen molar-refractivity contribution in [3.05, 3.63) is 83.9 Å². The molecule has 0 fully saturated rings. The summed E-state index contributed by atoms with van der Waals surface area (Å²) in [5.74, 6) is -1.98. The van der Waals surface area contributed by atoms with Gasteiger partial charge in [0.05, 0.1) is 5.69 Å². The van der Waals surface area contributed by atoms with Crippen molar-refractivity contribution in [1.29, 1.82) is 0 Å². The predicted molar refractivity (Wildman–Crippen MR) is 88.0 cm³/mol. The monoisotopic (exact) mass is 309 g/mol. The molecule has 1 N–H and O–H groups in total. The molecule has 0 radical (unpaired) electrons. The molecule has 0 aliphatic rings. The van der Waals surface area contributed by atoms with Crippen molar-refractivity contribution in [2.45, 2.75) is 0 Å². The van der Waals surface area contributed by atoms with Crippen LogP contribution in [-0.4, -0.2) is 5.91 Å². The van der Waals surface area contributed by atoms with Gasteiger partial charge in [-0.15, -0.1) is 0 Å². The molecule has 0 spiro atoms. The van der Waals surface area contributed by atoms with Crippen molar-refractivity contribution < 1.29 is 13.6 Å². The van der Waals surface area contributed by atoms with Gasteiger partial charge in [-0.1, -0.05) is 42.5 Å². The van der Waals surface area contributed by atoms with Gasteiger partial charge in [0, 0.05) is 12.1 Å². The first-order valence-corrected chi connectivity index (χ1v) is 7.05. The van der Waals surface area contributed by atoms with Crippen molar-refractivity contribution in [3.63, 3.8) is 0 Å². The molecule has 0 saturated carbocycles. The lowest BCUT2D eigenvalue weighted by Crippen LogP contribution is -2.09. The number of rotatable bonds is 3. The van der Waals surface area contributed by atoms with Gasteiger partial charge in [-0.25, -0.2) is 8.78 Å². The fourth-order valence-electron chi connectivity index (χ4n) is 2.33. The number of amides is 1.